The van der Waals surface area contributed by atoms with Gasteiger partial charge in [0.25, 0.3) is 5.56 Å². The molecule has 2 aromatic carbocycles. The Morgan fingerprint density at radius 3 is 2.63 bits per heavy atom. The van der Waals surface area contributed by atoms with Gasteiger partial charge in [0.05, 0.1) is 15.8 Å². The van der Waals surface area contributed by atoms with E-state index in [0.29, 0.717) is 11.4 Å². The maximum atomic E-state index is 13.5. The average molecular weight is 529 g/mol. The first-order chi connectivity index (χ1) is 18.3. The monoisotopic (exact) mass is 528 g/mol. The molecule has 1 saturated heterocycles. The third-order valence-electron chi connectivity index (χ3n) is 7.73. The molecule has 3 aromatic heterocycles. The number of aromatic nitrogens is 6. The number of anilines is 1. The summed E-state index contributed by atoms with van der Waals surface area (Å²) in [7, 11) is 0. The highest BCUT2D eigenvalue weighted by molar-refractivity contribution is 7.22. The molecule has 38 heavy (non-hydrogen) atoms. The smallest absolute Gasteiger partial charge is 0.253 e. The molecule has 6 rings (SSSR count). The van der Waals surface area contributed by atoms with Crippen molar-refractivity contribution in [3.63, 3.8) is 0 Å². The number of benzene rings is 2. The van der Waals surface area contributed by atoms with Gasteiger partial charge in [0, 0.05) is 37.3 Å². The number of piperazine rings is 1. The summed E-state index contributed by atoms with van der Waals surface area (Å²) in [6, 6.07) is 16.0. The van der Waals surface area contributed by atoms with E-state index >= 15 is 0 Å². The van der Waals surface area contributed by atoms with Crippen LogP contribution in [-0.2, 0) is 5.54 Å². The van der Waals surface area contributed by atoms with Crippen LogP contribution in [0, 0.1) is 6.92 Å². The van der Waals surface area contributed by atoms with Crippen LogP contribution in [-0.4, -0.2) is 61.3 Å². The number of hydrogen-bond acceptors (Lipinski definition) is 8. The number of nitrogens with zero attached hydrogens (tertiary/aromatic N) is 7. The van der Waals surface area contributed by atoms with Crippen LogP contribution in [0.4, 0.5) is 5.13 Å². The Morgan fingerprint density at radius 2 is 1.87 bits per heavy atom. The second kappa shape index (κ2) is 9.59. The molecule has 0 radical (unpaired) electrons. The summed E-state index contributed by atoms with van der Waals surface area (Å²) in [5.41, 5.74) is 3.28. The van der Waals surface area contributed by atoms with Gasteiger partial charge < -0.3 is 9.88 Å². The van der Waals surface area contributed by atoms with Crippen molar-refractivity contribution in [2.75, 3.05) is 31.1 Å². The number of para-hydroxylation sites is 1. The van der Waals surface area contributed by atoms with Gasteiger partial charge in [0.15, 0.2) is 11.0 Å². The van der Waals surface area contributed by atoms with E-state index in [2.05, 4.69) is 82.3 Å². The molecule has 10 heteroatoms. The third kappa shape index (κ3) is 4.37. The molecular weight excluding hydrogens is 496 g/mol. The van der Waals surface area contributed by atoms with Crippen molar-refractivity contribution >= 4 is 37.6 Å². The van der Waals surface area contributed by atoms with Crippen LogP contribution in [0.1, 0.15) is 50.2 Å². The number of fused-ring (bicyclic) bond motifs is 2. The molecule has 196 valence electrons. The van der Waals surface area contributed by atoms with Gasteiger partial charge in [-0.3, -0.25) is 9.69 Å². The first-order valence-corrected chi connectivity index (χ1v) is 13.9. The van der Waals surface area contributed by atoms with Gasteiger partial charge in [-0.05, 0) is 73.3 Å². The number of rotatable bonds is 6. The number of hydrogen-bond donors (Lipinski definition) is 1. The highest BCUT2D eigenvalue weighted by Crippen LogP contribution is 2.33. The van der Waals surface area contributed by atoms with Gasteiger partial charge >= 0.3 is 0 Å². The summed E-state index contributed by atoms with van der Waals surface area (Å²) in [5.74, 6) is 0.697. The van der Waals surface area contributed by atoms with Crippen molar-refractivity contribution in [3.05, 3.63) is 75.8 Å². The van der Waals surface area contributed by atoms with Gasteiger partial charge in [0.2, 0.25) is 0 Å². The Hall–Kier alpha value is -3.63. The quantitative estimate of drug-likeness (QED) is 0.347. The molecule has 9 nitrogen and oxygen atoms in total. The minimum Gasteiger partial charge on any atom is -0.345 e. The van der Waals surface area contributed by atoms with E-state index in [1.165, 1.54) is 4.70 Å². The zero-order valence-electron chi connectivity index (χ0n) is 22.2. The lowest BCUT2D eigenvalue weighted by Crippen LogP contribution is -2.49. The van der Waals surface area contributed by atoms with Crippen molar-refractivity contribution in [3.8, 4) is 0 Å². The number of tetrazole rings is 1. The first-order valence-electron chi connectivity index (χ1n) is 13.1. The molecule has 1 aliphatic rings. The van der Waals surface area contributed by atoms with Crippen LogP contribution in [0.15, 0.2) is 53.3 Å². The van der Waals surface area contributed by atoms with Crippen molar-refractivity contribution in [2.45, 2.75) is 45.7 Å². The second-order valence-corrected chi connectivity index (χ2v) is 11.7. The maximum absolute atomic E-state index is 13.5. The predicted octanol–water partition coefficient (Wildman–Crippen LogP) is 4.49. The van der Waals surface area contributed by atoms with Gasteiger partial charge in [-0.2, -0.15) is 0 Å². The molecular formula is C28H32N8OS. The van der Waals surface area contributed by atoms with Crippen molar-refractivity contribution in [1.29, 1.82) is 0 Å². The Morgan fingerprint density at radius 1 is 1.08 bits per heavy atom. The molecule has 1 fully saturated rings. The number of thiazole rings is 1. The summed E-state index contributed by atoms with van der Waals surface area (Å²) in [4.78, 5) is 26.2. The van der Waals surface area contributed by atoms with E-state index in [4.69, 9.17) is 4.98 Å². The van der Waals surface area contributed by atoms with Crippen LogP contribution in [0.25, 0.3) is 21.1 Å². The van der Waals surface area contributed by atoms with E-state index in [-0.39, 0.29) is 17.1 Å². The Bertz CT molecular complexity index is 1630. The van der Waals surface area contributed by atoms with Crippen molar-refractivity contribution < 1.29 is 0 Å². The topological polar surface area (TPSA) is 95.8 Å². The maximum Gasteiger partial charge on any atom is 0.253 e. The molecule has 1 aliphatic heterocycles. The van der Waals surface area contributed by atoms with Crippen LogP contribution in [0.3, 0.4) is 0 Å². The van der Waals surface area contributed by atoms with Crippen LogP contribution < -0.4 is 10.5 Å². The van der Waals surface area contributed by atoms with E-state index < -0.39 is 0 Å². The fourth-order valence-electron chi connectivity index (χ4n) is 5.16. The second-order valence-electron chi connectivity index (χ2n) is 10.6. The van der Waals surface area contributed by atoms with Crippen LogP contribution in [0.2, 0.25) is 0 Å². The molecule has 4 heterocycles. The number of aromatic amines is 1. The minimum absolute atomic E-state index is 0.108. The fourth-order valence-corrected chi connectivity index (χ4v) is 6.17. The van der Waals surface area contributed by atoms with Gasteiger partial charge in [-0.25, -0.2) is 9.67 Å². The summed E-state index contributed by atoms with van der Waals surface area (Å²) in [6.45, 7) is 11.6. The first kappa shape index (κ1) is 24.7. The molecule has 1 N–H and O–H groups in total. The highest BCUT2D eigenvalue weighted by atomic mass is 32.1. The van der Waals surface area contributed by atoms with Crippen molar-refractivity contribution in [2.24, 2.45) is 0 Å². The van der Waals surface area contributed by atoms with E-state index in [0.717, 1.165) is 59.7 Å². The minimum atomic E-state index is -0.373. The number of pyridine rings is 1. The zero-order chi connectivity index (χ0) is 26.4. The normalized spacial score (nSPS) is 15.9. The zero-order valence-corrected chi connectivity index (χ0v) is 23.0. The largest absolute Gasteiger partial charge is 0.345 e. The number of aryl methyl sites for hydroxylation is 1. The molecule has 0 bridgehead atoms. The summed E-state index contributed by atoms with van der Waals surface area (Å²) in [6.07, 6.45) is 0.858. The number of H-pyrrole nitrogens is 1. The lowest BCUT2D eigenvalue weighted by molar-refractivity contribution is 0.186. The third-order valence-corrected chi connectivity index (χ3v) is 8.83. The van der Waals surface area contributed by atoms with Gasteiger partial charge in [0.1, 0.15) is 6.04 Å². The highest BCUT2D eigenvalue weighted by Gasteiger charge is 2.36. The average Bonchev–Trinajstić information content (AvgIpc) is 3.58. The van der Waals surface area contributed by atoms with Crippen molar-refractivity contribution in [1.82, 2.24) is 35.1 Å². The van der Waals surface area contributed by atoms with Crippen LogP contribution >= 0.6 is 11.3 Å². The Balaban J connectivity index is 1.39. The molecule has 0 saturated carbocycles. The standard InChI is InChI=1S/C28H32N8OS/c1-5-28(3,4)36-25(31-32-33-36)24(20-17-19-16-18(2)10-11-21(19)29-26(20)37)34-12-14-35(15-13-34)27-30-22-8-6-7-9-23(22)38-27/h6-11,16-17,24H,5,12-15H2,1-4H3,(H,29,37)/t24-/m1/s1. The molecule has 1 atom stereocenters. The summed E-state index contributed by atoms with van der Waals surface area (Å²) in [5, 5.41) is 15.0. The molecule has 0 amide bonds. The molecule has 0 aliphatic carbocycles. The molecule has 5 aromatic rings. The Labute approximate surface area is 225 Å². The lowest BCUT2D eigenvalue weighted by atomic mass is 9.98. The van der Waals surface area contributed by atoms with E-state index in [1.807, 2.05) is 28.9 Å². The van der Waals surface area contributed by atoms with Gasteiger partial charge in [-0.15, -0.1) is 5.10 Å². The van der Waals surface area contributed by atoms with Crippen LogP contribution in [0.5, 0.6) is 0 Å². The molecule has 0 unspecified atom stereocenters. The molecule has 0 spiro atoms. The lowest BCUT2D eigenvalue weighted by Gasteiger charge is -2.39. The summed E-state index contributed by atoms with van der Waals surface area (Å²) < 4.78 is 3.10. The number of nitrogens with one attached hydrogen (secondary N) is 1. The fraction of sp³-hybridized carbons (Fsp3) is 0.393. The van der Waals surface area contributed by atoms with E-state index in [1.54, 1.807) is 11.3 Å². The predicted molar refractivity (Wildman–Crippen MR) is 152 cm³/mol. The van der Waals surface area contributed by atoms with Gasteiger partial charge in [-0.1, -0.05) is 42.0 Å². The van der Waals surface area contributed by atoms with E-state index in [9.17, 15) is 4.79 Å². The Kier molecular flexibility index (Phi) is 6.23. The summed E-state index contributed by atoms with van der Waals surface area (Å²) >= 11 is 1.73. The SMILES string of the molecule is CCC(C)(C)n1nnnc1[C@@H](c1cc2cc(C)ccc2[nH]c1=O)N1CCN(c2nc3ccccc3s2)CC1.